The Morgan fingerprint density at radius 3 is 2.84 bits per heavy atom. The van der Waals surface area contributed by atoms with Gasteiger partial charge in [0.2, 0.25) is 0 Å². The van der Waals surface area contributed by atoms with Crippen molar-refractivity contribution >= 4 is 16.8 Å². The van der Waals surface area contributed by atoms with Gasteiger partial charge < -0.3 is 9.47 Å². The standard InChI is InChI=1S/C17H14N4O3S/c1-23-13-8-14(10-18-9-13)24-17-19-7-6-16(20-17)21-11-12-4-2-3-5-15(12)25(21)22/h2-10H,11H2,1H3. The minimum atomic E-state index is -1.29. The van der Waals surface area contributed by atoms with E-state index in [1.165, 1.54) is 0 Å². The van der Waals surface area contributed by atoms with Gasteiger partial charge in [-0.25, -0.2) is 9.19 Å². The summed E-state index contributed by atoms with van der Waals surface area (Å²) in [6.45, 7) is 0.528. The second-order valence-electron chi connectivity index (χ2n) is 5.25. The molecule has 3 aromatic rings. The van der Waals surface area contributed by atoms with Crippen LogP contribution in [0.4, 0.5) is 5.82 Å². The topological polar surface area (TPSA) is 77.4 Å². The highest BCUT2D eigenvalue weighted by atomic mass is 32.2. The molecule has 8 heteroatoms. The summed E-state index contributed by atoms with van der Waals surface area (Å²) in [5.41, 5.74) is 1.03. The molecule has 0 bridgehead atoms. The highest BCUT2D eigenvalue weighted by molar-refractivity contribution is 7.86. The molecule has 0 amide bonds. The molecule has 0 saturated heterocycles. The van der Waals surface area contributed by atoms with Crippen LogP contribution in [0.1, 0.15) is 5.56 Å². The first-order valence-corrected chi connectivity index (χ1v) is 8.62. The number of fused-ring (bicyclic) bond motifs is 1. The summed E-state index contributed by atoms with van der Waals surface area (Å²) in [5, 5.41) is 0. The molecule has 126 valence electrons. The molecule has 1 aliphatic heterocycles. The summed E-state index contributed by atoms with van der Waals surface area (Å²) >= 11 is 0. The van der Waals surface area contributed by atoms with Gasteiger partial charge in [-0.05, 0) is 11.6 Å². The van der Waals surface area contributed by atoms with Crippen molar-refractivity contribution < 1.29 is 13.7 Å². The number of methoxy groups -OCH3 is 1. The first-order valence-electron chi connectivity index (χ1n) is 7.52. The van der Waals surface area contributed by atoms with Crippen LogP contribution in [-0.2, 0) is 17.5 Å². The van der Waals surface area contributed by atoms with E-state index in [4.69, 9.17) is 9.47 Å². The highest BCUT2D eigenvalue weighted by Gasteiger charge is 2.28. The van der Waals surface area contributed by atoms with Crippen molar-refractivity contribution in [2.45, 2.75) is 11.4 Å². The number of anilines is 1. The van der Waals surface area contributed by atoms with Gasteiger partial charge >= 0.3 is 6.01 Å². The van der Waals surface area contributed by atoms with Gasteiger partial charge in [-0.2, -0.15) is 4.98 Å². The van der Waals surface area contributed by atoms with Crippen LogP contribution < -0.4 is 13.8 Å². The van der Waals surface area contributed by atoms with Gasteiger partial charge in [-0.15, -0.1) is 0 Å². The van der Waals surface area contributed by atoms with Crippen LogP contribution in [0.2, 0.25) is 0 Å². The van der Waals surface area contributed by atoms with Crippen molar-refractivity contribution in [2.75, 3.05) is 11.4 Å². The second-order valence-corrected chi connectivity index (χ2v) is 6.63. The monoisotopic (exact) mass is 354 g/mol. The third-order valence-corrected chi connectivity index (χ3v) is 5.17. The number of hydrogen-bond acceptors (Lipinski definition) is 6. The number of aromatic nitrogens is 3. The van der Waals surface area contributed by atoms with Crippen LogP contribution in [0.25, 0.3) is 0 Å². The van der Waals surface area contributed by atoms with Gasteiger partial charge in [0.15, 0.2) is 16.7 Å². The van der Waals surface area contributed by atoms with E-state index in [1.807, 2.05) is 24.3 Å². The Labute approximate surface area is 146 Å². The van der Waals surface area contributed by atoms with Gasteiger partial charge in [0.25, 0.3) is 0 Å². The summed E-state index contributed by atoms with van der Waals surface area (Å²) < 4.78 is 25.1. The largest absolute Gasteiger partial charge is 0.495 e. The fraction of sp³-hybridized carbons (Fsp3) is 0.118. The van der Waals surface area contributed by atoms with Crippen molar-refractivity contribution in [1.82, 2.24) is 15.0 Å². The fourth-order valence-corrected chi connectivity index (χ4v) is 3.81. The number of rotatable bonds is 4. The second kappa shape index (κ2) is 6.48. The van der Waals surface area contributed by atoms with Crippen molar-refractivity contribution in [3.05, 3.63) is 60.6 Å². The Kier molecular flexibility index (Phi) is 4.02. The average molecular weight is 354 g/mol. The Morgan fingerprint density at radius 2 is 2.00 bits per heavy atom. The van der Waals surface area contributed by atoms with E-state index in [9.17, 15) is 4.21 Å². The summed E-state index contributed by atoms with van der Waals surface area (Å²) in [6.07, 6.45) is 4.70. The molecule has 0 radical (unpaired) electrons. The molecule has 1 atom stereocenters. The SMILES string of the molecule is COc1cncc(Oc2nccc(N3Cc4ccccc4S3=O)n2)c1. The molecule has 0 fully saturated rings. The van der Waals surface area contributed by atoms with Crippen LogP contribution in [0.15, 0.2) is 59.9 Å². The summed E-state index contributed by atoms with van der Waals surface area (Å²) in [7, 11) is 0.263. The van der Waals surface area contributed by atoms with E-state index in [2.05, 4.69) is 15.0 Å². The van der Waals surface area contributed by atoms with Crippen LogP contribution in [0, 0.1) is 0 Å². The lowest BCUT2D eigenvalue weighted by atomic mass is 10.2. The van der Waals surface area contributed by atoms with E-state index in [1.54, 1.807) is 42.1 Å². The molecule has 3 heterocycles. The number of benzene rings is 1. The Balaban J connectivity index is 1.59. The predicted octanol–water partition coefficient (Wildman–Crippen LogP) is 2.72. The fourth-order valence-electron chi connectivity index (χ4n) is 2.49. The summed E-state index contributed by atoms with van der Waals surface area (Å²) in [5.74, 6) is 1.57. The number of pyridine rings is 1. The number of ether oxygens (including phenoxy) is 2. The zero-order valence-electron chi connectivity index (χ0n) is 13.3. The Morgan fingerprint density at radius 1 is 1.16 bits per heavy atom. The molecule has 1 aliphatic rings. The van der Waals surface area contributed by atoms with Crippen molar-refractivity contribution in [2.24, 2.45) is 0 Å². The van der Waals surface area contributed by atoms with E-state index in [0.717, 1.165) is 10.5 Å². The molecule has 4 rings (SSSR count). The molecule has 1 aromatic carbocycles. The maximum atomic E-state index is 12.7. The average Bonchev–Trinajstić information content (AvgIpc) is 2.99. The van der Waals surface area contributed by atoms with Crippen molar-refractivity contribution in [3.8, 4) is 17.5 Å². The smallest absolute Gasteiger partial charge is 0.323 e. The van der Waals surface area contributed by atoms with Crippen LogP contribution in [-0.4, -0.2) is 26.3 Å². The van der Waals surface area contributed by atoms with Crippen molar-refractivity contribution in [3.63, 3.8) is 0 Å². The molecule has 1 unspecified atom stereocenters. The number of nitrogens with zero attached hydrogens (tertiary/aromatic N) is 4. The lowest BCUT2D eigenvalue weighted by Gasteiger charge is -2.15. The lowest BCUT2D eigenvalue weighted by molar-refractivity contribution is 0.401. The number of hydrogen-bond donors (Lipinski definition) is 0. The molecule has 7 nitrogen and oxygen atoms in total. The molecule has 0 N–H and O–H groups in total. The first kappa shape index (κ1) is 15.5. The van der Waals surface area contributed by atoms with Gasteiger partial charge in [0.05, 0.1) is 30.9 Å². The quantitative estimate of drug-likeness (QED) is 0.717. The summed E-state index contributed by atoms with van der Waals surface area (Å²) in [4.78, 5) is 13.3. The van der Waals surface area contributed by atoms with Gasteiger partial charge in [-0.1, -0.05) is 18.2 Å². The maximum absolute atomic E-state index is 12.7. The van der Waals surface area contributed by atoms with Crippen LogP contribution in [0.5, 0.6) is 17.5 Å². The minimum absolute atomic E-state index is 0.153. The molecular weight excluding hydrogens is 340 g/mol. The molecule has 25 heavy (non-hydrogen) atoms. The minimum Gasteiger partial charge on any atom is -0.495 e. The zero-order chi connectivity index (χ0) is 17.2. The Hall–Kier alpha value is -3.00. The van der Waals surface area contributed by atoms with Crippen molar-refractivity contribution in [1.29, 1.82) is 0 Å². The third-order valence-electron chi connectivity index (χ3n) is 3.68. The van der Waals surface area contributed by atoms with Gasteiger partial charge in [-0.3, -0.25) is 9.29 Å². The normalized spacial score (nSPS) is 15.7. The molecule has 0 saturated carbocycles. The zero-order valence-corrected chi connectivity index (χ0v) is 14.1. The maximum Gasteiger partial charge on any atom is 0.323 e. The summed E-state index contributed by atoms with van der Waals surface area (Å²) in [6, 6.07) is 11.2. The van der Waals surface area contributed by atoms with E-state index in [0.29, 0.717) is 23.9 Å². The van der Waals surface area contributed by atoms with Crippen LogP contribution >= 0.6 is 0 Å². The van der Waals surface area contributed by atoms with Crippen LogP contribution in [0.3, 0.4) is 0 Å². The van der Waals surface area contributed by atoms with E-state index >= 15 is 0 Å². The van der Waals surface area contributed by atoms with Gasteiger partial charge in [0, 0.05) is 18.3 Å². The van der Waals surface area contributed by atoms with E-state index in [-0.39, 0.29) is 6.01 Å². The molecule has 2 aromatic heterocycles. The first-order chi connectivity index (χ1) is 12.2. The van der Waals surface area contributed by atoms with E-state index < -0.39 is 11.0 Å². The lowest BCUT2D eigenvalue weighted by Crippen LogP contribution is -2.19. The van der Waals surface area contributed by atoms with Gasteiger partial charge in [0.1, 0.15) is 11.6 Å². The highest BCUT2D eigenvalue weighted by Crippen LogP contribution is 2.31. The molecular formula is C17H14N4O3S. The predicted molar refractivity (Wildman–Crippen MR) is 91.9 cm³/mol. The molecule has 0 aliphatic carbocycles. The third kappa shape index (κ3) is 3.03. The molecule has 0 spiro atoms. The Bertz CT molecular complexity index is 950.